The summed E-state index contributed by atoms with van der Waals surface area (Å²) in [5, 5.41) is 6.39. The van der Waals surface area contributed by atoms with E-state index >= 15 is 0 Å². The second-order valence-corrected chi connectivity index (χ2v) is 7.23. The highest BCUT2D eigenvalue weighted by atomic mass is 35.5. The number of aromatic amines is 1. The zero-order valence-corrected chi connectivity index (χ0v) is 16.8. The number of halogens is 1. The van der Waals surface area contributed by atoms with E-state index in [1.54, 1.807) is 49.6 Å². The fourth-order valence-electron chi connectivity index (χ4n) is 3.33. The molecule has 8 nitrogen and oxygen atoms in total. The maximum Gasteiger partial charge on any atom is 0.276 e. The Bertz CT molecular complexity index is 1350. The first-order valence-electron chi connectivity index (χ1n) is 9.19. The maximum atomic E-state index is 12.8. The summed E-state index contributed by atoms with van der Waals surface area (Å²) in [7, 11) is 1.57. The minimum absolute atomic E-state index is 0.231. The third-order valence-electron chi connectivity index (χ3n) is 4.71. The number of hydrogen-bond acceptors (Lipinski definition) is 4. The lowest BCUT2D eigenvalue weighted by Gasteiger charge is -2.14. The van der Waals surface area contributed by atoms with Gasteiger partial charge in [-0.2, -0.15) is 0 Å². The summed E-state index contributed by atoms with van der Waals surface area (Å²) in [5.74, 6) is -0.377. The van der Waals surface area contributed by atoms with Gasteiger partial charge in [0.15, 0.2) is 0 Å². The van der Waals surface area contributed by atoms with E-state index in [2.05, 4.69) is 15.4 Å². The zero-order chi connectivity index (χ0) is 21.3. The maximum absolute atomic E-state index is 12.8. The Kier molecular flexibility index (Phi) is 5.24. The van der Waals surface area contributed by atoms with Crippen molar-refractivity contribution in [3.05, 3.63) is 86.2 Å². The fourth-order valence-corrected chi connectivity index (χ4v) is 3.52. The van der Waals surface area contributed by atoms with E-state index in [1.807, 2.05) is 6.07 Å². The summed E-state index contributed by atoms with van der Waals surface area (Å²) < 4.78 is 2.58. The van der Waals surface area contributed by atoms with Gasteiger partial charge in [-0.25, -0.2) is 0 Å². The molecule has 0 aliphatic rings. The fraction of sp³-hybridized carbons (Fsp3) is 0.143. The number of nitrogens with one attached hydrogen (secondary N) is 2. The first-order valence-corrected chi connectivity index (χ1v) is 9.57. The van der Waals surface area contributed by atoms with Crippen LogP contribution < -0.4 is 16.4 Å². The van der Waals surface area contributed by atoms with Crippen molar-refractivity contribution in [1.29, 1.82) is 0 Å². The Hall–Kier alpha value is -3.65. The molecule has 0 spiro atoms. The number of carbonyl (C=O) groups excluding carboxylic acids is 1. The number of nitrogens with zero attached hydrogens (tertiary/aromatic N) is 3. The highest BCUT2D eigenvalue weighted by molar-refractivity contribution is 6.30. The van der Waals surface area contributed by atoms with Crippen LogP contribution >= 0.6 is 11.6 Å². The van der Waals surface area contributed by atoms with E-state index in [1.165, 1.54) is 15.3 Å². The standard InChI is InChI=1S/C21H18ClN5O3/c1-26-21(30)19-16(25-26)10-18(29)27(20(19)13-5-4-6-14(22)9-13)12-17(28)24-11-15-7-2-3-8-23-15/h2-10,25H,11-12H2,1H3,(H,24,28). The number of pyridine rings is 2. The molecule has 0 saturated heterocycles. The normalized spacial score (nSPS) is 11.0. The molecular weight excluding hydrogens is 406 g/mol. The average Bonchev–Trinajstić information content (AvgIpc) is 3.01. The number of aryl methyl sites for hydroxylation is 1. The summed E-state index contributed by atoms with van der Waals surface area (Å²) in [6.45, 7) is -0.0210. The predicted molar refractivity (Wildman–Crippen MR) is 114 cm³/mol. The molecule has 4 rings (SSSR count). The lowest BCUT2D eigenvalue weighted by molar-refractivity contribution is -0.121. The van der Waals surface area contributed by atoms with Crippen molar-refractivity contribution in [2.45, 2.75) is 13.1 Å². The molecule has 0 aliphatic carbocycles. The van der Waals surface area contributed by atoms with Crippen molar-refractivity contribution in [3.63, 3.8) is 0 Å². The van der Waals surface area contributed by atoms with Gasteiger partial charge in [0.25, 0.3) is 11.1 Å². The van der Waals surface area contributed by atoms with Crippen LogP contribution in [0.3, 0.4) is 0 Å². The minimum Gasteiger partial charge on any atom is -0.349 e. The van der Waals surface area contributed by atoms with Gasteiger partial charge in [-0.1, -0.05) is 29.8 Å². The van der Waals surface area contributed by atoms with Crippen LogP contribution in [-0.4, -0.2) is 25.2 Å². The molecule has 1 amide bonds. The Morgan fingerprint density at radius 1 is 1.17 bits per heavy atom. The van der Waals surface area contributed by atoms with Gasteiger partial charge in [0.1, 0.15) is 6.54 Å². The van der Waals surface area contributed by atoms with Crippen LogP contribution in [0.15, 0.2) is 64.3 Å². The Morgan fingerprint density at radius 2 is 2.00 bits per heavy atom. The first kappa shape index (κ1) is 19.7. The zero-order valence-electron chi connectivity index (χ0n) is 16.1. The number of carbonyl (C=O) groups is 1. The number of aromatic nitrogens is 4. The molecular formula is C21H18ClN5O3. The molecule has 9 heteroatoms. The molecule has 1 aromatic carbocycles. The van der Waals surface area contributed by atoms with Gasteiger partial charge in [-0.3, -0.25) is 33.7 Å². The molecule has 0 aliphatic heterocycles. The van der Waals surface area contributed by atoms with Crippen molar-refractivity contribution in [1.82, 2.24) is 24.6 Å². The summed E-state index contributed by atoms with van der Waals surface area (Å²) in [4.78, 5) is 42.3. The molecule has 0 radical (unpaired) electrons. The molecule has 3 heterocycles. The lowest BCUT2D eigenvalue weighted by atomic mass is 10.1. The van der Waals surface area contributed by atoms with E-state index in [0.717, 1.165) is 0 Å². The van der Waals surface area contributed by atoms with E-state index < -0.39 is 5.56 Å². The Labute approximate surface area is 175 Å². The van der Waals surface area contributed by atoms with E-state index in [0.29, 0.717) is 32.9 Å². The molecule has 0 saturated carbocycles. The summed E-state index contributed by atoms with van der Waals surface area (Å²) >= 11 is 6.14. The summed E-state index contributed by atoms with van der Waals surface area (Å²) in [6, 6.07) is 13.5. The van der Waals surface area contributed by atoms with Gasteiger partial charge in [0, 0.05) is 29.9 Å². The van der Waals surface area contributed by atoms with Crippen LogP contribution in [0.5, 0.6) is 0 Å². The molecule has 2 N–H and O–H groups in total. The molecule has 30 heavy (non-hydrogen) atoms. The minimum atomic E-state index is -0.410. The molecule has 0 fully saturated rings. The number of amides is 1. The Balaban J connectivity index is 1.79. The predicted octanol–water partition coefficient (Wildman–Crippen LogP) is 2.06. The van der Waals surface area contributed by atoms with Gasteiger partial charge >= 0.3 is 0 Å². The van der Waals surface area contributed by atoms with Crippen molar-refractivity contribution >= 4 is 28.4 Å². The molecule has 3 aromatic heterocycles. The quantitative estimate of drug-likeness (QED) is 0.513. The lowest BCUT2D eigenvalue weighted by Crippen LogP contribution is -2.33. The number of fused-ring (bicyclic) bond motifs is 1. The summed E-state index contributed by atoms with van der Waals surface area (Å²) in [5.41, 5.74) is 1.29. The van der Waals surface area contributed by atoms with Crippen molar-refractivity contribution in [2.75, 3.05) is 0 Å². The second kappa shape index (κ2) is 8.00. The van der Waals surface area contributed by atoms with Crippen LogP contribution in [0.4, 0.5) is 0 Å². The van der Waals surface area contributed by atoms with Gasteiger partial charge in [0.2, 0.25) is 5.91 Å². The monoisotopic (exact) mass is 423 g/mol. The van der Waals surface area contributed by atoms with Crippen LogP contribution in [0.25, 0.3) is 22.2 Å². The van der Waals surface area contributed by atoms with Crippen molar-refractivity contribution < 1.29 is 4.79 Å². The third kappa shape index (κ3) is 3.77. The molecule has 0 unspecified atom stereocenters. The smallest absolute Gasteiger partial charge is 0.276 e. The van der Waals surface area contributed by atoms with Crippen LogP contribution in [0.1, 0.15) is 5.69 Å². The van der Waals surface area contributed by atoms with Crippen LogP contribution in [0, 0.1) is 0 Å². The second-order valence-electron chi connectivity index (χ2n) is 6.79. The highest BCUT2D eigenvalue weighted by Crippen LogP contribution is 2.26. The van der Waals surface area contributed by atoms with E-state index in [9.17, 15) is 14.4 Å². The van der Waals surface area contributed by atoms with Crippen LogP contribution in [0.2, 0.25) is 5.02 Å². The van der Waals surface area contributed by atoms with Crippen molar-refractivity contribution in [2.24, 2.45) is 7.05 Å². The van der Waals surface area contributed by atoms with Gasteiger partial charge in [0.05, 0.1) is 28.8 Å². The van der Waals surface area contributed by atoms with E-state index in [-0.39, 0.29) is 24.6 Å². The first-order chi connectivity index (χ1) is 14.4. The molecule has 0 bridgehead atoms. The largest absolute Gasteiger partial charge is 0.349 e. The molecule has 0 atom stereocenters. The Morgan fingerprint density at radius 3 is 2.73 bits per heavy atom. The van der Waals surface area contributed by atoms with Gasteiger partial charge < -0.3 is 5.32 Å². The number of hydrogen-bond donors (Lipinski definition) is 2. The topological polar surface area (TPSA) is 102 Å². The number of rotatable bonds is 5. The molecule has 152 valence electrons. The van der Waals surface area contributed by atoms with Crippen molar-refractivity contribution in [3.8, 4) is 11.3 Å². The van der Waals surface area contributed by atoms with Gasteiger partial charge in [-0.15, -0.1) is 0 Å². The molecule has 4 aromatic rings. The number of H-pyrrole nitrogens is 1. The van der Waals surface area contributed by atoms with Crippen LogP contribution in [-0.2, 0) is 24.9 Å². The highest BCUT2D eigenvalue weighted by Gasteiger charge is 2.19. The van der Waals surface area contributed by atoms with Gasteiger partial charge in [-0.05, 0) is 24.3 Å². The summed E-state index contributed by atoms with van der Waals surface area (Å²) in [6.07, 6.45) is 1.64. The number of benzene rings is 1. The SMILES string of the molecule is Cn1[nH]c2cc(=O)n(CC(=O)NCc3ccccn3)c(-c3cccc(Cl)c3)c2c1=O. The average molecular weight is 424 g/mol. The third-order valence-corrected chi connectivity index (χ3v) is 4.94. The van der Waals surface area contributed by atoms with E-state index in [4.69, 9.17) is 11.6 Å².